The summed E-state index contributed by atoms with van der Waals surface area (Å²) in [7, 11) is 0. The maximum absolute atomic E-state index is 5.23. The van der Waals surface area contributed by atoms with E-state index >= 15 is 0 Å². The summed E-state index contributed by atoms with van der Waals surface area (Å²) in [6, 6.07) is 0. The standard InChI is InChI=1S/C8H15N.2C2H6/c1-4-8(5-6-9)7(2)3;2*1-2/h5-6H,4,9H2,1-3H3;2*1-2H3/b6-5-;;. The summed E-state index contributed by atoms with van der Waals surface area (Å²) in [6.07, 6.45) is 4.61. The quantitative estimate of drug-likeness (QED) is 0.639. The van der Waals surface area contributed by atoms with E-state index in [-0.39, 0.29) is 0 Å². The lowest BCUT2D eigenvalue weighted by Gasteiger charge is -1.97. The summed E-state index contributed by atoms with van der Waals surface area (Å²) in [5.41, 5.74) is 7.91. The van der Waals surface area contributed by atoms with Crippen LogP contribution >= 0.6 is 0 Å². The van der Waals surface area contributed by atoms with Crippen molar-refractivity contribution in [3.8, 4) is 0 Å². The third kappa shape index (κ3) is 14.2. The zero-order valence-electron chi connectivity index (χ0n) is 10.4. The van der Waals surface area contributed by atoms with Crippen molar-refractivity contribution in [1.82, 2.24) is 0 Å². The molecule has 0 radical (unpaired) electrons. The van der Waals surface area contributed by atoms with Gasteiger partial charge in [-0.2, -0.15) is 0 Å². The molecular weight excluding hydrogens is 158 g/mol. The van der Waals surface area contributed by atoms with Crippen LogP contribution in [0.1, 0.15) is 54.9 Å². The molecule has 0 saturated carbocycles. The zero-order chi connectivity index (χ0) is 11.3. The van der Waals surface area contributed by atoms with Gasteiger partial charge in [0.15, 0.2) is 0 Å². The smallest absolute Gasteiger partial charge is 0.00596 e. The summed E-state index contributed by atoms with van der Waals surface area (Å²) in [5.74, 6) is 0. The van der Waals surface area contributed by atoms with E-state index in [2.05, 4.69) is 20.8 Å². The second-order valence-electron chi connectivity index (χ2n) is 2.24. The largest absolute Gasteiger partial charge is 0.405 e. The van der Waals surface area contributed by atoms with E-state index in [1.165, 1.54) is 11.1 Å². The van der Waals surface area contributed by atoms with Crippen LogP contribution in [0.3, 0.4) is 0 Å². The van der Waals surface area contributed by atoms with Gasteiger partial charge in [0.1, 0.15) is 0 Å². The first-order valence-electron chi connectivity index (χ1n) is 5.27. The highest BCUT2D eigenvalue weighted by atomic mass is 14.5. The molecule has 0 rings (SSSR count). The summed E-state index contributed by atoms with van der Waals surface area (Å²) in [4.78, 5) is 0. The highest BCUT2D eigenvalue weighted by molar-refractivity contribution is 5.22. The van der Waals surface area contributed by atoms with Crippen molar-refractivity contribution in [1.29, 1.82) is 0 Å². The van der Waals surface area contributed by atoms with E-state index in [1.54, 1.807) is 6.20 Å². The molecule has 0 spiro atoms. The van der Waals surface area contributed by atoms with Crippen LogP contribution in [0.25, 0.3) is 0 Å². The lowest BCUT2D eigenvalue weighted by atomic mass is 10.1. The molecule has 0 bridgehead atoms. The molecule has 80 valence electrons. The van der Waals surface area contributed by atoms with Gasteiger partial charge < -0.3 is 5.73 Å². The van der Waals surface area contributed by atoms with Crippen LogP contribution in [0, 0.1) is 0 Å². The molecule has 0 heterocycles. The first-order valence-corrected chi connectivity index (χ1v) is 5.27. The molecule has 2 N–H and O–H groups in total. The van der Waals surface area contributed by atoms with E-state index in [4.69, 9.17) is 5.73 Å². The average Bonchev–Trinajstić information content (AvgIpc) is 2.20. The van der Waals surface area contributed by atoms with Gasteiger partial charge in [0, 0.05) is 0 Å². The van der Waals surface area contributed by atoms with Gasteiger partial charge >= 0.3 is 0 Å². The minimum atomic E-state index is 1.07. The average molecular weight is 185 g/mol. The molecule has 0 aromatic rings. The SMILES string of the molecule is CC.CC.CCC(/C=C\N)=C(C)C. The Kier molecular flexibility index (Phi) is 24.3. The fourth-order valence-corrected chi connectivity index (χ4v) is 0.754. The minimum Gasteiger partial charge on any atom is -0.405 e. The van der Waals surface area contributed by atoms with Crippen molar-refractivity contribution in [2.75, 3.05) is 0 Å². The lowest BCUT2D eigenvalue weighted by molar-refractivity contribution is 1.10. The van der Waals surface area contributed by atoms with E-state index in [0.29, 0.717) is 0 Å². The molecule has 0 aliphatic heterocycles. The summed E-state index contributed by atoms with van der Waals surface area (Å²) in [6.45, 7) is 14.3. The van der Waals surface area contributed by atoms with Crippen LogP contribution in [0.15, 0.2) is 23.4 Å². The normalized spacial score (nSPS) is 7.92. The Morgan fingerprint density at radius 1 is 1.08 bits per heavy atom. The van der Waals surface area contributed by atoms with Gasteiger partial charge in [-0.1, -0.05) is 40.2 Å². The number of allylic oxidation sites excluding steroid dienone is 3. The monoisotopic (exact) mass is 185 g/mol. The molecule has 0 amide bonds. The molecule has 0 unspecified atom stereocenters. The summed E-state index contributed by atoms with van der Waals surface area (Å²) >= 11 is 0. The predicted molar refractivity (Wildman–Crippen MR) is 64.7 cm³/mol. The fourth-order valence-electron chi connectivity index (χ4n) is 0.754. The molecule has 0 fully saturated rings. The van der Waals surface area contributed by atoms with Crippen LogP contribution in [0.4, 0.5) is 0 Å². The maximum Gasteiger partial charge on any atom is -0.00596 e. The van der Waals surface area contributed by atoms with Crippen molar-refractivity contribution in [2.45, 2.75) is 54.9 Å². The number of hydrogen-bond donors (Lipinski definition) is 1. The van der Waals surface area contributed by atoms with Crippen molar-refractivity contribution >= 4 is 0 Å². The van der Waals surface area contributed by atoms with Gasteiger partial charge in [-0.25, -0.2) is 0 Å². The number of hydrogen-bond acceptors (Lipinski definition) is 1. The second-order valence-corrected chi connectivity index (χ2v) is 2.24. The van der Waals surface area contributed by atoms with Gasteiger partial charge in [-0.15, -0.1) is 0 Å². The Bertz CT molecular complexity index is 128. The van der Waals surface area contributed by atoms with Crippen LogP contribution in [0.5, 0.6) is 0 Å². The molecule has 1 nitrogen and oxygen atoms in total. The highest BCUT2D eigenvalue weighted by Gasteiger charge is 1.87. The third-order valence-corrected chi connectivity index (χ3v) is 1.32. The second kappa shape index (κ2) is 17.4. The van der Waals surface area contributed by atoms with Crippen LogP contribution in [0.2, 0.25) is 0 Å². The zero-order valence-corrected chi connectivity index (χ0v) is 10.4. The van der Waals surface area contributed by atoms with Crippen LogP contribution in [-0.2, 0) is 0 Å². The van der Waals surface area contributed by atoms with Crippen molar-refractivity contribution in [3.63, 3.8) is 0 Å². The van der Waals surface area contributed by atoms with Crippen molar-refractivity contribution in [3.05, 3.63) is 23.4 Å². The molecule has 1 heteroatoms. The number of nitrogens with two attached hydrogens (primary N) is 1. The molecule has 13 heavy (non-hydrogen) atoms. The van der Waals surface area contributed by atoms with Crippen molar-refractivity contribution in [2.24, 2.45) is 5.73 Å². The molecular formula is C12H27N. The predicted octanol–water partition coefficient (Wildman–Crippen LogP) is 4.26. The van der Waals surface area contributed by atoms with E-state index in [9.17, 15) is 0 Å². The van der Waals surface area contributed by atoms with E-state index in [0.717, 1.165) is 6.42 Å². The minimum absolute atomic E-state index is 1.07. The van der Waals surface area contributed by atoms with Gasteiger partial charge in [0.05, 0.1) is 0 Å². The van der Waals surface area contributed by atoms with Gasteiger partial charge in [0.2, 0.25) is 0 Å². The van der Waals surface area contributed by atoms with E-state index < -0.39 is 0 Å². The Morgan fingerprint density at radius 3 is 1.54 bits per heavy atom. The topological polar surface area (TPSA) is 26.0 Å². The maximum atomic E-state index is 5.23. The summed E-state index contributed by atoms with van der Waals surface area (Å²) in [5, 5.41) is 0. The molecule has 0 aliphatic rings. The highest BCUT2D eigenvalue weighted by Crippen LogP contribution is 2.07. The molecule has 0 atom stereocenters. The summed E-state index contributed by atoms with van der Waals surface area (Å²) < 4.78 is 0. The fraction of sp³-hybridized carbons (Fsp3) is 0.667. The molecule has 0 aromatic heterocycles. The van der Waals surface area contributed by atoms with Crippen LogP contribution in [-0.4, -0.2) is 0 Å². The van der Waals surface area contributed by atoms with Crippen LogP contribution < -0.4 is 5.73 Å². The Balaban J connectivity index is -0.000000218. The van der Waals surface area contributed by atoms with Gasteiger partial charge in [-0.05, 0) is 38.1 Å². The Labute approximate surface area is 84.7 Å². The first-order chi connectivity index (χ1) is 6.22. The van der Waals surface area contributed by atoms with Crippen molar-refractivity contribution < 1.29 is 0 Å². The van der Waals surface area contributed by atoms with Gasteiger partial charge in [-0.3, -0.25) is 0 Å². The third-order valence-electron chi connectivity index (χ3n) is 1.32. The van der Waals surface area contributed by atoms with E-state index in [1.807, 2.05) is 33.8 Å². The lowest BCUT2D eigenvalue weighted by Crippen LogP contribution is -1.82. The first kappa shape index (κ1) is 18.1. The number of rotatable bonds is 2. The van der Waals surface area contributed by atoms with Gasteiger partial charge in [0.25, 0.3) is 0 Å². The Morgan fingerprint density at radius 2 is 1.46 bits per heavy atom. The molecule has 0 aliphatic carbocycles. The Hall–Kier alpha value is -0.720. The molecule has 0 saturated heterocycles. The molecule has 0 aromatic carbocycles.